The Morgan fingerprint density at radius 1 is 0.969 bits per heavy atom. The fraction of sp³-hybridized carbons (Fsp3) is 0.462. The lowest BCUT2D eigenvalue weighted by atomic mass is 9.87. The molecule has 170 valence electrons. The van der Waals surface area contributed by atoms with Crippen molar-refractivity contribution in [1.82, 2.24) is 10.2 Å². The van der Waals surface area contributed by atoms with Crippen LogP contribution in [0.1, 0.15) is 29.5 Å². The molecule has 1 fully saturated rings. The summed E-state index contributed by atoms with van der Waals surface area (Å²) in [5.41, 5.74) is 4.81. The van der Waals surface area contributed by atoms with Crippen molar-refractivity contribution in [3.05, 3.63) is 65.2 Å². The summed E-state index contributed by atoms with van der Waals surface area (Å²) in [6, 6.07) is 16.5. The molecular weight excluding hydrogens is 402 g/mol. The number of hydrogen-bond donors (Lipinski definition) is 3. The number of benzene rings is 2. The predicted molar refractivity (Wildman–Crippen MR) is 125 cm³/mol. The smallest absolute Gasteiger partial charge is 0.228 e. The summed E-state index contributed by atoms with van der Waals surface area (Å²) in [6.07, 6.45) is 4.77. The summed E-state index contributed by atoms with van der Waals surface area (Å²) in [4.78, 5) is 28.0. The minimum Gasteiger partial charge on any atom is -0.395 e. The second kappa shape index (κ2) is 10.7. The van der Waals surface area contributed by atoms with Gasteiger partial charge in [-0.1, -0.05) is 36.4 Å². The van der Waals surface area contributed by atoms with E-state index in [2.05, 4.69) is 39.8 Å². The largest absolute Gasteiger partial charge is 0.395 e. The van der Waals surface area contributed by atoms with Gasteiger partial charge in [-0.25, -0.2) is 0 Å². The molecule has 2 aromatic rings. The number of nitrogens with zero attached hydrogens (tertiary/aromatic N) is 1. The quantitative estimate of drug-likeness (QED) is 0.595. The van der Waals surface area contributed by atoms with Crippen molar-refractivity contribution in [1.29, 1.82) is 0 Å². The van der Waals surface area contributed by atoms with Crippen molar-refractivity contribution >= 4 is 17.5 Å². The maximum atomic E-state index is 13.2. The normalized spacial score (nSPS) is 20.5. The van der Waals surface area contributed by atoms with Gasteiger partial charge in [0.05, 0.1) is 18.4 Å². The summed E-state index contributed by atoms with van der Waals surface area (Å²) < 4.78 is 0. The Labute approximate surface area is 190 Å². The number of amides is 2. The van der Waals surface area contributed by atoms with Crippen LogP contribution in [-0.4, -0.2) is 54.6 Å². The summed E-state index contributed by atoms with van der Waals surface area (Å²) in [5.74, 6) is -0.620. The van der Waals surface area contributed by atoms with Gasteiger partial charge >= 0.3 is 0 Å². The molecule has 3 N–H and O–H groups in total. The number of carbonyl (C=O) groups excluding carboxylic acids is 2. The minimum atomic E-state index is -0.262. The number of hydrogen-bond acceptors (Lipinski definition) is 4. The van der Waals surface area contributed by atoms with Crippen LogP contribution in [0.2, 0.25) is 0 Å². The lowest BCUT2D eigenvalue weighted by molar-refractivity contribution is -0.130. The van der Waals surface area contributed by atoms with E-state index in [0.29, 0.717) is 19.5 Å². The SMILES string of the molecule is O=C(NCCO)[C@H]1C[C@@H](C(=O)Nc2ccc3c(c2)CCC3)CN(CCc2ccccc2)C1. The van der Waals surface area contributed by atoms with Gasteiger partial charge in [-0.05, 0) is 60.9 Å². The van der Waals surface area contributed by atoms with Gasteiger partial charge < -0.3 is 20.6 Å². The number of aryl methyl sites for hydroxylation is 2. The second-order valence-corrected chi connectivity index (χ2v) is 8.97. The third-order valence-electron chi connectivity index (χ3n) is 6.60. The van der Waals surface area contributed by atoms with Crippen molar-refractivity contribution in [2.24, 2.45) is 11.8 Å². The summed E-state index contributed by atoms with van der Waals surface area (Å²) in [7, 11) is 0. The molecule has 0 bridgehead atoms. The molecule has 0 aromatic heterocycles. The van der Waals surface area contributed by atoms with Crippen molar-refractivity contribution in [3.8, 4) is 0 Å². The van der Waals surface area contributed by atoms with Crippen LogP contribution in [0.5, 0.6) is 0 Å². The zero-order valence-electron chi connectivity index (χ0n) is 18.6. The standard InChI is InChI=1S/C26H33N3O3/c30-14-12-27-25(31)22-15-23(18-29(17-22)13-11-19-5-2-1-3-6-19)26(32)28-24-10-9-20-7-4-8-21(20)16-24/h1-3,5-6,9-10,16,22-23,30H,4,7-8,11-15,17-18H2,(H,27,31)(H,28,32)/t22-,23+/m0/s1. The molecule has 2 aromatic carbocycles. The average Bonchev–Trinajstić information content (AvgIpc) is 3.29. The number of likely N-dealkylation sites (tertiary alicyclic amines) is 1. The molecule has 6 heteroatoms. The van der Waals surface area contributed by atoms with Gasteiger partial charge in [0, 0.05) is 31.9 Å². The van der Waals surface area contributed by atoms with Crippen LogP contribution in [0.3, 0.4) is 0 Å². The number of aliphatic hydroxyl groups is 1. The first-order valence-corrected chi connectivity index (χ1v) is 11.7. The molecule has 2 aliphatic rings. The monoisotopic (exact) mass is 435 g/mol. The molecule has 1 saturated heterocycles. The number of rotatable bonds is 8. The number of fused-ring (bicyclic) bond motifs is 1. The number of nitrogens with one attached hydrogen (secondary N) is 2. The van der Waals surface area contributed by atoms with Gasteiger partial charge in [0.2, 0.25) is 11.8 Å². The van der Waals surface area contributed by atoms with E-state index in [4.69, 9.17) is 5.11 Å². The Morgan fingerprint density at radius 2 is 1.72 bits per heavy atom. The van der Waals surface area contributed by atoms with Crippen molar-refractivity contribution in [2.45, 2.75) is 32.1 Å². The lowest BCUT2D eigenvalue weighted by Gasteiger charge is -2.36. The van der Waals surface area contributed by atoms with E-state index in [1.165, 1.54) is 23.1 Å². The Balaban J connectivity index is 1.42. The molecule has 0 spiro atoms. The van der Waals surface area contributed by atoms with Crippen molar-refractivity contribution in [2.75, 3.05) is 38.1 Å². The first-order chi connectivity index (χ1) is 15.6. The molecule has 0 radical (unpaired) electrons. The van der Waals surface area contributed by atoms with E-state index < -0.39 is 0 Å². The molecule has 0 unspecified atom stereocenters. The highest BCUT2D eigenvalue weighted by molar-refractivity contribution is 5.93. The molecule has 2 atom stereocenters. The third-order valence-corrected chi connectivity index (χ3v) is 6.60. The van der Waals surface area contributed by atoms with Crippen molar-refractivity contribution < 1.29 is 14.7 Å². The third kappa shape index (κ3) is 5.75. The van der Waals surface area contributed by atoms with Crippen LogP contribution >= 0.6 is 0 Å². The van der Waals surface area contributed by atoms with Gasteiger partial charge in [0.15, 0.2) is 0 Å². The topological polar surface area (TPSA) is 81.7 Å². The Bertz CT molecular complexity index is 931. The van der Waals surface area contributed by atoms with E-state index in [9.17, 15) is 9.59 Å². The van der Waals surface area contributed by atoms with Crippen LogP contribution in [0, 0.1) is 11.8 Å². The Kier molecular flexibility index (Phi) is 7.55. The molecular formula is C26H33N3O3. The Morgan fingerprint density at radius 3 is 2.50 bits per heavy atom. The van der Waals surface area contributed by atoms with Gasteiger partial charge in [-0.3, -0.25) is 9.59 Å². The van der Waals surface area contributed by atoms with E-state index in [0.717, 1.165) is 31.5 Å². The van der Waals surface area contributed by atoms with Gasteiger partial charge in [0.1, 0.15) is 0 Å². The van der Waals surface area contributed by atoms with Gasteiger partial charge in [0.25, 0.3) is 0 Å². The highest BCUT2D eigenvalue weighted by atomic mass is 16.3. The second-order valence-electron chi connectivity index (χ2n) is 8.97. The van der Waals surface area contributed by atoms with Crippen LogP contribution in [0.15, 0.2) is 48.5 Å². The molecule has 1 heterocycles. The van der Waals surface area contributed by atoms with Crippen molar-refractivity contribution in [3.63, 3.8) is 0 Å². The van der Waals surface area contributed by atoms with E-state index >= 15 is 0 Å². The predicted octanol–water partition coefficient (Wildman–Crippen LogP) is 2.40. The van der Waals surface area contributed by atoms with E-state index in [1.54, 1.807) is 0 Å². The van der Waals surface area contributed by atoms with Crippen LogP contribution < -0.4 is 10.6 Å². The fourth-order valence-corrected chi connectivity index (χ4v) is 4.90. The summed E-state index contributed by atoms with van der Waals surface area (Å²) in [5, 5.41) is 14.9. The lowest BCUT2D eigenvalue weighted by Crippen LogP contribution is -2.50. The van der Waals surface area contributed by atoms with Gasteiger partial charge in [-0.15, -0.1) is 0 Å². The summed E-state index contributed by atoms with van der Waals surface area (Å²) in [6.45, 7) is 2.24. The molecule has 1 aliphatic heterocycles. The fourth-order valence-electron chi connectivity index (χ4n) is 4.90. The van der Waals surface area contributed by atoms with Gasteiger partial charge in [-0.2, -0.15) is 0 Å². The van der Waals surface area contributed by atoms with Crippen LogP contribution in [0.4, 0.5) is 5.69 Å². The molecule has 0 saturated carbocycles. The van der Waals surface area contributed by atoms with Crippen LogP contribution in [-0.2, 0) is 28.9 Å². The molecule has 2 amide bonds. The average molecular weight is 436 g/mol. The Hall–Kier alpha value is -2.70. The zero-order valence-corrected chi connectivity index (χ0v) is 18.6. The van der Waals surface area contributed by atoms with E-state index in [1.807, 2.05) is 24.3 Å². The highest BCUT2D eigenvalue weighted by Crippen LogP contribution is 2.27. The molecule has 32 heavy (non-hydrogen) atoms. The zero-order chi connectivity index (χ0) is 22.3. The van der Waals surface area contributed by atoms with Crippen LogP contribution in [0.25, 0.3) is 0 Å². The number of anilines is 1. The number of piperidine rings is 1. The first kappa shape index (κ1) is 22.5. The first-order valence-electron chi connectivity index (χ1n) is 11.7. The molecule has 4 rings (SSSR count). The maximum absolute atomic E-state index is 13.2. The number of carbonyl (C=O) groups is 2. The molecule has 6 nitrogen and oxygen atoms in total. The minimum absolute atomic E-state index is 0.0210. The van der Waals surface area contributed by atoms with E-state index in [-0.39, 0.29) is 36.8 Å². The maximum Gasteiger partial charge on any atom is 0.228 e. The summed E-state index contributed by atoms with van der Waals surface area (Å²) >= 11 is 0. The highest BCUT2D eigenvalue weighted by Gasteiger charge is 2.35. The molecule has 1 aliphatic carbocycles. The number of aliphatic hydroxyl groups excluding tert-OH is 1.